The molecule has 0 radical (unpaired) electrons. The first-order chi connectivity index (χ1) is 43.2. The van der Waals surface area contributed by atoms with Crippen LogP contribution in [0.2, 0.25) is 0 Å². The summed E-state index contributed by atoms with van der Waals surface area (Å²) in [6.45, 7) is -8.63. The van der Waals surface area contributed by atoms with Crippen molar-refractivity contribution in [3.63, 3.8) is 0 Å². The molecule has 0 unspecified atom stereocenters. The standard InChI is InChI=1S/C34H70/c1-3-5-7-9-11-13-15-17-19-21-23-25-27-29-31-33-34-32-30-28-26-24-22-20-18-16-14-12-10-8-6-4-2/h3-34H2,1-2H3/i1D3,2D3,3D2,4D2,5D2,6D2,7D2,8D2,9D2,10D2,11D2,12D2,13D2,14D2,15D2,16D2,17D2,18D2,19D2,20D2,21D2,22D2,23D2,24D2,25D2,26D2,27D2,28D2,29D2,30D2,31D2,32D2,33D2,34D2. The molecule has 0 N–H and O–H groups in total. The van der Waals surface area contributed by atoms with E-state index in [-0.39, 0.29) is 0 Å². The van der Waals surface area contributed by atoms with E-state index in [0.717, 1.165) is 0 Å². The fourth-order valence-corrected chi connectivity index (χ4v) is 0.938. The second-order valence-electron chi connectivity index (χ2n) is 4.00. The number of hydrogen-bond acceptors (Lipinski definition) is 0. The van der Waals surface area contributed by atoms with Gasteiger partial charge in [0.2, 0.25) is 0 Å². The summed E-state index contributed by atoms with van der Waals surface area (Å²) in [6.07, 6.45) is -176. The largest absolute Gasteiger partial charge is 0.0654 e. The highest BCUT2D eigenvalue weighted by atomic mass is 14.0. The van der Waals surface area contributed by atoms with Crippen molar-refractivity contribution in [2.75, 3.05) is 0 Å². The molecule has 0 saturated carbocycles. The molecular formula is C34H70. The molecule has 0 aromatic heterocycles. The zero-order valence-corrected chi connectivity index (χ0v) is 17.0. The molecule has 0 aliphatic rings. The van der Waals surface area contributed by atoms with E-state index in [9.17, 15) is 0 Å². The molecule has 0 aromatic rings. The van der Waals surface area contributed by atoms with Crippen LogP contribution < -0.4 is 0 Å². The van der Waals surface area contributed by atoms with Crippen LogP contribution in [0.4, 0.5) is 0 Å². The van der Waals surface area contributed by atoms with Gasteiger partial charge >= 0.3 is 0 Å². The van der Waals surface area contributed by atoms with Crippen LogP contribution in [0.15, 0.2) is 0 Å². The lowest BCUT2D eigenvalue weighted by molar-refractivity contribution is 0.512. The van der Waals surface area contributed by atoms with Gasteiger partial charge in [-0.15, -0.1) is 0 Å². The van der Waals surface area contributed by atoms with Crippen molar-refractivity contribution < 1.29 is 96.0 Å². The Kier molecular flexibility index (Phi) is 3.39. The van der Waals surface area contributed by atoms with Gasteiger partial charge in [0, 0.05) is 96.0 Å². The molecule has 206 valence electrons. The van der Waals surface area contributed by atoms with Gasteiger partial charge in [0.25, 0.3) is 0 Å². The molecule has 0 rings (SSSR count). The summed E-state index contributed by atoms with van der Waals surface area (Å²) in [5, 5.41) is 0. The van der Waals surface area contributed by atoms with Gasteiger partial charge in [-0.2, -0.15) is 0 Å². The third kappa shape index (κ3) is 32.0. The monoisotopic (exact) mass is 549 g/mol. The molecule has 0 saturated heterocycles. The fourth-order valence-electron chi connectivity index (χ4n) is 0.938. The molecule has 0 aliphatic carbocycles. The summed E-state index contributed by atoms with van der Waals surface area (Å²) in [4.78, 5) is 0. The molecule has 0 atom stereocenters. The highest BCUT2D eigenvalue weighted by Crippen LogP contribution is 2.16. The van der Waals surface area contributed by atoms with Gasteiger partial charge < -0.3 is 0 Å². The second-order valence-corrected chi connectivity index (χ2v) is 4.00. The summed E-state index contributed by atoms with van der Waals surface area (Å²) in [7, 11) is 0. The van der Waals surface area contributed by atoms with Gasteiger partial charge in [-0.25, -0.2) is 0 Å². The van der Waals surface area contributed by atoms with Gasteiger partial charge in [0.15, 0.2) is 0 Å². The summed E-state index contributed by atoms with van der Waals surface area (Å²) in [6, 6.07) is 0. The van der Waals surface area contributed by atoms with Crippen molar-refractivity contribution in [3.05, 3.63) is 0 Å². The molecule has 0 spiro atoms. The van der Waals surface area contributed by atoms with E-state index >= 15 is 0 Å². The number of rotatable bonds is 31. The highest BCUT2D eigenvalue weighted by molar-refractivity contribution is 4.52. The minimum absolute atomic E-state index is 4.32. The fraction of sp³-hybridized carbons (Fsp3) is 1.00. The zero-order chi connectivity index (χ0) is 87.0. The Morgan fingerprint density at radius 3 is 0.471 bits per heavy atom. The molecule has 0 heteroatoms. The van der Waals surface area contributed by atoms with Crippen LogP contribution in [0.3, 0.4) is 0 Å². The zero-order valence-electron chi connectivity index (χ0n) is 87.0. The van der Waals surface area contributed by atoms with Gasteiger partial charge in [-0.3, -0.25) is 0 Å². The van der Waals surface area contributed by atoms with E-state index in [1.807, 2.05) is 0 Å². The van der Waals surface area contributed by atoms with Crippen molar-refractivity contribution in [2.45, 2.75) is 218 Å². The molecule has 0 nitrogen and oxygen atoms in total. The van der Waals surface area contributed by atoms with Crippen molar-refractivity contribution in [1.82, 2.24) is 0 Å². The maximum absolute atomic E-state index is 8.50. The first-order valence-corrected chi connectivity index (χ1v) is 8.25. The molecule has 0 bridgehead atoms. The van der Waals surface area contributed by atoms with Crippen LogP contribution in [0, 0.1) is 0 Å². The van der Waals surface area contributed by atoms with Crippen molar-refractivity contribution in [1.29, 1.82) is 0 Å². The minimum atomic E-state index is -5.78. The van der Waals surface area contributed by atoms with Crippen molar-refractivity contribution >= 4 is 0 Å². The van der Waals surface area contributed by atoms with Crippen LogP contribution in [-0.4, -0.2) is 0 Å². The lowest BCUT2D eigenvalue weighted by Crippen LogP contribution is -1.85. The van der Waals surface area contributed by atoms with E-state index in [4.69, 9.17) is 96.0 Å². The van der Waals surface area contributed by atoms with Crippen LogP contribution in [0.1, 0.15) is 314 Å². The second kappa shape index (κ2) is 33.0. The molecule has 0 heterocycles. The highest BCUT2D eigenvalue weighted by Gasteiger charge is 1.97. The Morgan fingerprint density at radius 1 is 0.235 bits per heavy atom. The third-order valence-electron chi connectivity index (χ3n) is 1.94. The van der Waals surface area contributed by atoms with Crippen LogP contribution >= 0.6 is 0 Å². The third-order valence-corrected chi connectivity index (χ3v) is 1.94. The maximum atomic E-state index is 8.50. The van der Waals surface area contributed by atoms with Gasteiger partial charge in [-0.05, 0) is 0 Å². The molecule has 0 aliphatic heterocycles. The first kappa shape index (κ1) is 3.49. The number of hydrogen-bond donors (Lipinski definition) is 0. The van der Waals surface area contributed by atoms with Crippen LogP contribution in [0.25, 0.3) is 0 Å². The average Bonchev–Trinajstić information content (AvgIpc) is 0.680. The van der Waals surface area contributed by atoms with E-state index in [0.29, 0.717) is 0 Å². The van der Waals surface area contributed by atoms with Gasteiger partial charge in [0.1, 0.15) is 0 Å². The Morgan fingerprint density at radius 2 is 0.353 bits per heavy atom. The topological polar surface area (TPSA) is 0 Å². The summed E-state index contributed by atoms with van der Waals surface area (Å²) in [5.74, 6) is 0. The Hall–Kier alpha value is 0. The molecule has 34 heavy (non-hydrogen) atoms. The lowest BCUT2D eigenvalue weighted by atomic mass is 10.0. The lowest BCUT2D eigenvalue weighted by Gasteiger charge is -2.04. The SMILES string of the molecule is [2H]C([2H])([2H])C([2H])([2H])C([2H])([2H])C([2H])([2H])C([2H])([2H])C([2H])([2H])C([2H])([2H])C([2H])([2H])C([2H])([2H])C([2H])([2H])C([2H])([2H])C([2H])([2H])C([2H])([2H])C([2H])([2H])C([2H])([2H])C([2H])([2H])C([2H])([2H])C([2H])([2H])C([2H])([2H])C([2H])([2H])C([2H])([2H])C([2H])([2H])C([2H])([2H])C([2H])([2H])C([2H])([2H])C([2H])([2H])C([2H])([2H])C([2H])([2H])C([2H])([2H])C([2H])([2H])C([2H])([2H])C([2H])([2H])C([2H])([2H])C([2H])([2H])[2H]. The van der Waals surface area contributed by atoms with Crippen molar-refractivity contribution in [2.24, 2.45) is 0 Å². The quantitative estimate of drug-likeness (QED) is 0.0807. The first-order valence-electron chi connectivity index (χ1n) is 43.2. The average molecular weight is 549 g/mol. The van der Waals surface area contributed by atoms with E-state index in [2.05, 4.69) is 0 Å². The Bertz CT molecular complexity index is 2870. The van der Waals surface area contributed by atoms with Crippen LogP contribution in [0.5, 0.6) is 0 Å². The van der Waals surface area contributed by atoms with E-state index in [1.54, 1.807) is 0 Å². The maximum Gasteiger partial charge on any atom is 0.0267 e. The minimum Gasteiger partial charge on any atom is -0.0654 e. The normalized spacial score (nSPS) is 56.2. The molecular weight excluding hydrogens is 408 g/mol. The van der Waals surface area contributed by atoms with Crippen molar-refractivity contribution in [3.8, 4) is 0 Å². The van der Waals surface area contributed by atoms with Gasteiger partial charge in [0.05, 0.1) is 0 Å². The van der Waals surface area contributed by atoms with E-state index < -0.39 is 218 Å². The molecule has 0 amide bonds. The van der Waals surface area contributed by atoms with E-state index in [1.165, 1.54) is 0 Å². The van der Waals surface area contributed by atoms with Gasteiger partial charge in [-0.1, -0.05) is 218 Å². The predicted molar refractivity (Wildman–Crippen MR) is 159 cm³/mol. The van der Waals surface area contributed by atoms with Crippen LogP contribution in [-0.2, 0) is 0 Å². The smallest absolute Gasteiger partial charge is 0.0267 e. The Balaban J connectivity index is 8.50. The Labute approximate surface area is 317 Å². The predicted octanol–water partition coefficient (Wildman–Crippen LogP) is 13.5. The summed E-state index contributed by atoms with van der Waals surface area (Å²) >= 11 is 0. The summed E-state index contributed by atoms with van der Waals surface area (Å²) in [5.41, 5.74) is 0. The summed E-state index contributed by atoms with van der Waals surface area (Å²) < 4.78 is 577. The molecule has 0 fully saturated rings. The molecule has 0 aromatic carbocycles.